The molecule has 1 heterocycles. The molecule has 1 saturated heterocycles. The number of hydrogen-bond acceptors (Lipinski definition) is 3. The van der Waals surface area contributed by atoms with Gasteiger partial charge < -0.3 is 10.4 Å². The number of halogens is 5. The van der Waals surface area contributed by atoms with E-state index in [0.717, 1.165) is 5.56 Å². The maximum atomic E-state index is 14.1. The zero-order valence-corrected chi connectivity index (χ0v) is 19.0. The third-order valence-electron chi connectivity index (χ3n) is 4.93. The molecule has 8 heteroatoms. The van der Waals surface area contributed by atoms with E-state index in [9.17, 15) is 18.3 Å². The number of phenolic OH excluding ortho intramolecular Hbond substituents is 1. The van der Waals surface area contributed by atoms with E-state index in [1.807, 2.05) is 47.6 Å². The van der Waals surface area contributed by atoms with Gasteiger partial charge in [-0.1, -0.05) is 47.6 Å². The average molecular weight is 445 g/mol. The number of benzene rings is 1. The van der Waals surface area contributed by atoms with Gasteiger partial charge in [0.15, 0.2) is 0 Å². The third-order valence-corrected chi connectivity index (χ3v) is 4.93. The molecule has 0 unspecified atom stereocenters. The van der Waals surface area contributed by atoms with Gasteiger partial charge in [0, 0.05) is 31.7 Å². The molecule has 0 aliphatic carbocycles. The summed E-state index contributed by atoms with van der Waals surface area (Å²) in [5.74, 6) is -0.230. The minimum absolute atomic E-state index is 0. The Hall–Kier alpha value is -0.690. The van der Waals surface area contributed by atoms with Crippen molar-refractivity contribution < 1.29 is 18.3 Å². The highest BCUT2D eigenvalue weighted by Gasteiger charge is 2.47. The summed E-state index contributed by atoms with van der Waals surface area (Å²) < 4.78 is 42.2. The van der Waals surface area contributed by atoms with Gasteiger partial charge in [-0.25, -0.2) is 0 Å². The number of nitrogens with one attached hydrogen (secondary N) is 1. The average Bonchev–Trinajstić information content (AvgIpc) is 2.46. The summed E-state index contributed by atoms with van der Waals surface area (Å²) in [6, 6.07) is 1.60. The van der Waals surface area contributed by atoms with Gasteiger partial charge in [0.25, 0.3) is 0 Å². The van der Waals surface area contributed by atoms with E-state index in [-0.39, 0.29) is 41.5 Å². The van der Waals surface area contributed by atoms with Crippen LogP contribution >= 0.6 is 24.8 Å². The molecule has 3 nitrogen and oxygen atoms in total. The SMILES string of the molecule is CC(C)(C)c1cc([C@H](N2CCNCC2)C(F)(F)F)c(O)c(C(C)(C)C)c1.Cl.Cl. The molecule has 2 rings (SSSR count). The first-order chi connectivity index (χ1) is 11.7. The molecule has 0 amide bonds. The molecule has 2 N–H and O–H groups in total. The fraction of sp³-hybridized carbons (Fsp3) is 0.700. The minimum Gasteiger partial charge on any atom is -0.507 e. The molecule has 0 radical (unpaired) electrons. The second kappa shape index (κ2) is 9.41. The van der Waals surface area contributed by atoms with Crippen molar-refractivity contribution >= 4 is 24.8 Å². The molecule has 1 fully saturated rings. The number of piperazine rings is 1. The first-order valence-electron chi connectivity index (χ1n) is 9.12. The Morgan fingerprint density at radius 2 is 1.43 bits per heavy atom. The van der Waals surface area contributed by atoms with Gasteiger partial charge in [0.1, 0.15) is 11.8 Å². The fourth-order valence-electron chi connectivity index (χ4n) is 3.39. The van der Waals surface area contributed by atoms with Crippen LogP contribution in [0.3, 0.4) is 0 Å². The van der Waals surface area contributed by atoms with Gasteiger partial charge in [-0.15, -0.1) is 24.8 Å². The van der Waals surface area contributed by atoms with E-state index >= 15 is 0 Å². The molecule has 0 aromatic heterocycles. The predicted molar refractivity (Wildman–Crippen MR) is 113 cm³/mol. The van der Waals surface area contributed by atoms with Crippen molar-refractivity contribution in [2.24, 2.45) is 0 Å². The van der Waals surface area contributed by atoms with Gasteiger partial charge in [-0.3, -0.25) is 4.90 Å². The predicted octanol–water partition coefficient (Wildman–Crippen LogP) is 5.34. The Morgan fingerprint density at radius 1 is 0.929 bits per heavy atom. The molecular formula is C20H33Cl2F3N2O. The van der Waals surface area contributed by atoms with Crippen LogP contribution in [0.15, 0.2) is 12.1 Å². The van der Waals surface area contributed by atoms with Crippen LogP contribution in [-0.4, -0.2) is 42.4 Å². The molecule has 0 saturated carbocycles. The van der Waals surface area contributed by atoms with Crippen LogP contribution in [-0.2, 0) is 10.8 Å². The second-order valence-corrected chi connectivity index (χ2v) is 9.19. The lowest BCUT2D eigenvalue weighted by Gasteiger charge is -2.38. The molecule has 1 aromatic carbocycles. The van der Waals surface area contributed by atoms with E-state index in [1.165, 1.54) is 4.90 Å². The number of nitrogens with zero attached hydrogens (tertiary/aromatic N) is 1. The molecule has 1 aliphatic rings. The van der Waals surface area contributed by atoms with Crippen LogP contribution < -0.4 is 5.32 Å². The maximum Gasteiger partial charge on any atom is 0.408 e. The Balaban J connectivity index is 0.00000364. The summed E-state index contributed by atoms with van der Waals surface area (Å²) in [5.41, 5.74) is 0.558. The number of hydrogen-bond donors (Lipinski definition) is 2. The van der Waals surface area contributed by atoms with Gasteiger partial charge in [-0.2, -0.15) is 13.2 Å². The summed E-state index contributed by atoms with van der Waals surface area (Å²) >= 11 is 0. The first kappa shape index (κ1) is 27.3. The zero-order chi connectivity index (χ0) is 19.9. The standard InChI is InChI=1S/C20H31F3N2O.2ClH/c1-18(2,3)13-11-14(16(26)15(12-13)19(4,5)6)17(20(21,22)23)25-9-7-24-8-10-25;;/h11-12,17,24,26H,7-10H2,1-6H3;2*1H/t17-;;/m0../s1. The molecule has 28 heavy (non-hydrogen) atoms. The summed E-state index contributed by atoms with van der Waals surface area (Å²) in [6.45, 7) is 13.3. The zero-order valence-electron chi connectivity index (χ0n) is 17.4. The van der Waals surface area contributed by atoms with Crippen LogP contribution in [0.1, 0.15) is 64.3 Å². The molecule has 1 atom stereocenters. The van der Waals surface area contributed by atoms with E-state index < -0.39 is 17.6 Å². The Kier molecular flexibility index (Phi) is 9.18. The lowest BCUT2D eigenvalue weighted by Crippen LogP contribution is -2.49. The van der Waals surface area contributed by atoms with Crippen LogP contribution in [0.2, 0.25) is 0 Å². The highest BCUT2D eigenvalue weighted by atomic mass is 35.5. The van der Waals surface area contributed by atoms with Crippen LogP contribution in [0.4, 0.5) is 13.2 Å². The van der Waals surface area contributed by atoms with Crippen LogP contribution in [0.25, 0.3) is 0 Å². The maximum absolute atomic E-state index is 14.1. The van der Waals surface area contributed by atoms with E-state index in [4.69, 9.17) is 0 Å². The van der Waals surface area contributed by atoms with Crippen molar-refractivity contribution in [3.63, 3.8) is 0 Å². The largest absolute Gasteiger partial charge is 0.507 e. The molecular weight excluding hydrogens is 412 g/mol. The van der Waals surface area contributed by atoms with Gasteiger partial charge in [0.05, 0.1) is 0 Å². The summed E-state index contributed by atoms with van der Waals surface area (Å²) in [6.07, 6.45) is -4.46. The van der Waals surface area contributed by atoms with Crippen LogP contribution in [0, 0.1) is 0 Å². The van der Waals surface area contributed by atoms with Crippen molar-refractivity contribution in [3.8, 4) is 5.75 Å². The molecule has 1 aliphatic heterocycles. The number of aromatic hydroxyl groups is 1. The van der Waals surface area contributed by atoms with E-state index in [0.29, 0.717) is 31.7 Å². The van der Waals surface area contributed by atoms with Gasteiger partial charge >= 0.3 is 6.18 Å². The minimum atomic E-state index is -4.46. The highest BCUT2D eigenvalue weighted by molar-refractivity contribution is 5.85. The molecule has 1 aromatic rings. The lowest BCUT2D eigenvalue weighted by molar-refractivity contribution is -0.188. The second-order valence-electron chi connectivity index (χ2n) is 9.19. The van der Waals surface area contributed by atoms with Crippen molar-refractivity contribution in [3.05, 3.63) is 28.8 Å². The number of alkyl halides is 3. The Labute approximate surface area is 178 Å². The van der Waals surface area contributed by atoms with E-state index in [2.05, 4.69) is 5.32 Å². The topological polar surface area (TPSA) is 35.5 Å². The van der Waals surface area contributed by atoms with E-state index in [1.54, 1.807) is 6.07 Å². The smallest absolute Gasteiger partial charge is 0.408 e. The van der Waals surface area contributed by atoms with Crippen molar-refractivity contribution in [2.45, 2.75) is 64.6 Å². The monoisotopic (exact) mass is 444 g/mol. The molecule has 164 valence electrons. The van der Waals surface area contributed by atoms with Crippen LogP contribution in [0.5, 0.6) is 5.75 Å². The van der Waals surface area contributed by atoms with Crippen molar-refractivity contribution in [2.75, 3.05) is 26.2 Å². The van der Waals surface area contributed by atoms with Crippen molar-refractivity contribution in [1.29, 1.82) is 0 Å². The fourth-order valence-corrected chi connectivity index (χ4v) is 3.39. The molecule has 0 bridgehead atoms. The Bertz CT molecular complexity index is 647. The lowest BCUT2D eigenvalue weighted by atomic mass is 9.78. The van der Waals surface area contributed by atoms with Gasteiger partial charge in [-0.05, 0) is 28.0 Å². The van der Waals surface area contributed by atoms with Crippen molar-refractivity contribution in [1.82, 2.24) is 10.2 Å². The van der Waals surface area contributed by atoms with Gasteiger partial charge in [0.2, 0.25) is 0 Å². The first-order valence-corrected chi connectivity index (χ1v) is 9.12. The summed E-state index contributed by atoms with van der Waals surface area (Å²) in [7, 11) is 0. The number of rotatable bonds is 2. The summed E-state index contributed by atoms with van der Waals surface area (Å²) in [5, 5.41) is 13.9. The molecule has 0 spiro atoms. The summed E-state index contributed by atoms with van der Waals surface area (Å²) in [4.78, 5) is 1.42. The normalized spacial score (nSPS) is 17.5. The quantitative estimate of drug-likeness (QED) is 0.645. The Morgan fingerprint density at radius 3 is 1.82 bits per heavy atom. The highest BCUT2D eigenvalue weighted by Crippen LogP contribution is 2.46. The third kappa shape index (κ3) is 6.15. The number of phenols is 1.